The maximum atomic E-state index is 12.1. The summed E-state index contributed by atoms with van der Waals surface area (Å²) >= 11 is 0. The van der Waals surface area contributed by atoms with Gasteiger partial charge in [-0.2, -0.15) is 0 Å². The van der Waals surface area contributed by atoms with Crippen molar-refractivity contribution < 1.29 is 28.9 Å². The third kappa shape index (κ3) is 4.64. The normalized spacial score (nSPS) is 11.6. The summed E-state index contributed by atoms with van der Waals surface area (Å²) in [4.78, 5) is 22.8. The Morgan fingerprint density at radius 1 is 1.24 bits per heavy atom. The number of amides is 1. The van der Waals surface area contributed by atoms with E-state index in [2.05, 4.69) is 5.32 Å². The Morgan fingerprint density at radius 2 is 1.95 bits per heavy atom. The molecule has 0 aliphatic rings. The summed E-state index contributed by atoms with van der Waals surface area (Å²) < 4.78 is 15.3. The van der Waals surface area contributed by atoms with Gasteiger partial charge in [0.1, 0.15) is 0 Å². The summed E-state index contributed by atoms with van der Waals surface area (Å²) in [6, 6.07) is 4.94. The van der Waals surface area contributed by atoms with E-state index < -0.39 is 18.0 Å². The number of carbonyl (C=O) groups excluding carboxylic acids is 1. The number of carboxylic acid groups (broad SMARTS) is 1. The highest BCUT2D eigenvalue weighted by Gasteiger charge is 2.18. The molecular formula is C14H19NO6. The molecule has 0 aliphatic heterocycles. The SMILES string of the molecule is COc1cccc(C(=O)NCC(CC(=O)O)OC)c1OC. The van der Waals surface area contributed by atoms with Crippen molar-refractivity contribution in [1.82, 2.24) is 5.32 Å². The number of carbonyl (C=O) groups is 2. The van der Waals surface area contributed by atoms with Crippen LogP contribution in [0.3, 0.4) is 0 Å². The summed E-state index contributed by atoms with van der Waals surface area (Å²) in [7, 11) is 4.32. The van der Waals surface area contributed by atoms with Crippen molar-refractivity contribution >= 4 is 11.9 Å². The fourth-order valence-electron chi connectivity index (χ4n) is 1.80. The standard InChI is InChI=1S/C14H19NO6/c1-19-9(7-12(16)17)8-15-14(18)10-5-4-6-11(20-2)13(10)21-3/h4-6,9H,7-8H2,1-3H3,(H,15,18)(H,16,17). The first-order chi connectivity index (χ1) is 10.0. The number of ether oxygens (including phenoxy) is 3. The third-order valence-corrected chi connectivity index (χ3v) is 2.87. The minimum absolute atomic E-state index is 0.0853. The van der Waals surface area contributed by atoms with Gasteiger partial charge in [-0.1, -0.05) is 6.07 Å². The maximum absolute atomic E-state index is 12.1. The number of methoxy groups -OCH3 is 3. The summed E-state index contributed by atoms with van der Waals surface area (Å²) in [6.07, 6.45) is -0.783. The van der Waals surface area contributed by atoms with Crippen molar-refractivity contribution in [3.63, 3.8) is 0 Å². The number of rotatable bonds is 8. The lowest BCUT2D eigenvalue weighted by molar-refractivity contribution is -0.139. The Hall–Kier alpha value is -2.28. The molecule has 0 aromatic heterocycles. The largest absolute Gasteiger partial charge is 0.493 e. The molecule has 1 amide bonds. The number of aliphatic carboxylic acids is 1. The van der Waals surface area contributed by atoms with Gasteiger partial charge in [-0.25, -0.2) is 0 Å². The fraction of sp³-hybridized carbons (Fsp3) is 0.429. The van der Waals surface area contributed by atoms with Crippen LogP contribution in [0.15, 0.2) is 18.2 Å². The van der Waals surface area contributed by atoms with Crippen LogP contribution < -0.4 is 14.8 Å². The fourth-order valence-corrected chi connectivity index (χ4v) is 1.80. The second-order valence-corrected chi connectivity index (χ2v) is 4.21. The van der Waals surface area contributed by atoms with Crippen LogP contribution in [0.4, 0.5) is 0 Å². The van der Waals surface area contributed by atoms with Gasteiger partial charge < -0.3 is 24.6 Å². The van der Waals surface area contributed by atoms with E-state index in [0.717, 1.165) is 0 Å². The molecule has 2 N–H and O–H groups in total. The molecule has 7 heteroatoms. The van der Waals surface area contributed by atoms with Gasteiger partial charge in [-0.3, -0.25) is 9.59 Å². The van der Waals surface area contributed by atoms with Crippen molar-refractivity contribution in [1.29, 1.82) is 0 Å². The van der Waals surface area contributed by atoms with Crippen LogP contribution in [-0.4, -0.2) is 51.0 Å². The Bertz CT molecular complexity index is 502. The Labute approximate surface area is 122 Å². The average molecular weight is 297 g/mol. The highest BCUT2D eigenvalue weighted by molar-refractivity contribution is 5.97. The quantitative estimate of drug-likeness (QED) is 0.741. The van der Waals surface area contributed by atoms with E-state index in [1.807, 2.05) is 0 Å². The van der Waals surface area contributed by atoms with Crippen LogP contribution >= 0.6 is 0 Å². The summed E-state index contributed by atoms with van der Waals surface area (Å²) in [5, 5.41) is 11.3. The van der Waals surface area contributed by atoms with Gasteiger partial charge in [0.25, 0.3) is 5.91 Å². The molecule has 21 heavy (non-hydrogen) atoms. The van der Waals surface area contributed by atoms with Crippen LogP contribution in [0.5, 0.6) is 11.5 Å². The molecule has 1 aromatic carbocycles. The monoisotopic (exact) mass is 297 g/mol. The zero-order valence-corrected chi connectivity index (χ0v) is 12.2. The molecule has 116 valence electrons. The molecule has 0 fully saturated rings. The zero-order chi connectivity index (χ0) is 15.8. The Balaban J connectivity index is 2.78. The number of hydrogen-bond donors (Lipinski definition) is 2. The lowest BCUT2D eigenvalue weighted by atomic mass is 10.1. The summed E-state index contributed by atoms with van der Waals surface area (Å²) in [5.41, 5.74) is 0.307. The number of hydrogen-bond acceptors (Lipinski definition) is 5. The van der Waals surface area contributed by atoms with E-state index in [1.54, 1.807) is 18.2 Å². The molecule has 1 aromatic rings. The van der Waals surface area contributed by atoms with E-state index in [0.29, 0.717) is 17.1 Å². The minimum Gasteiger partial charge on any atom is -0.493 e. The molecule has 0 heterocycles. The van der Waals surface area contributed by atoms with Gasteiger partial charge in [0.2, 0.25) is 0 Å². The van der Waals surface area contributed by atoms with Crippen LogP contribution in [-0.2, 0) is 9.53 Å². The van der Waals surface area contributed by atoms with Gasteiger partial charge >= 0.3 is 5.97 Å². The highest BCUT2D eigenvalue weighted by Crippen LogP contribution is 2.30. The van der Waals surface area contributed by atoms with E-state index in [1.165, 1.54) is 21.3 Å². The molecular weight excluding hydrogens is 278 g/mol. The lowest BCUT2D eigenvalue weighted by Gasteiger charge is -2.16. The summed E-state index contributed by atoms with van der Waals surface area (Å²) in [5.74, 6) is -0.614. The predicted octanol–water partition coefficient (Wildman–Crippen LogP) is 0.923. The molecule has 0 saturated heterocycles. The number of para-hydroxylation sites is 1. The van der Waals surface area contributed by atoms with Crippen molar-refractivity contribution in [2.45, 2.75) is 12.5 Å². The number of nitrogens with one attached hydrogen (secondary N) is 1. The van der Waals surface area contributed by atoms with Crippen LogP contribution in [0.25, 0.3) is 0 Å². The van der Waals surface area contributed by atoms with Crippen LogP contribution in [0.2, 0.25) is 0 Å². The zero-order valence-electron chi connectivity index (χ0n) is 12.2. The van der Waals surface area contributed by atoms with Crippen LogP contribution in [0.1, 0.15) is 16.8 Å². The van der Waals surface area contributed by atoms with Gasteiger partial charge in [-0.05, 0) is 12.1 Å². The molecule has 1 rings (SSSR count). The van der Waals surface area contributed by atoms with Crippen LogP contribution in [0, 0.1) is 0 Å². The van der Waals surface area contributed by atoms with E-state index in [9.17, 15) is 9.59 Å². The number of carboxylic acids is 1. The van der Waals surface area contributed by atoms with Gasteiger partial charge in [0.05, 0.1) is 32.3 Å². The van der Waals surface area contributed by atoms with Crippen molar-refractivity contribution in [3.05, 3.63) is 23.8 Å². The van der Waals surface area contributed by atoms with E-state index in [4.69, 9.17) is 19.3 Å². The molecule has 0 saturated carbocycles. The smallest absolute Gasteiger partial charge is 0.306 e. The lowest BCUT2D eigenvalue weighted by Crippen LogP contribution is -2.34. The molecule has 1 unspecified atom stereocenters. The molecule has 0 bridgehead atoms. The third-order valence-electron chi connectivity index (χ3n) is 2.87. The number of benzene rings is 1. The van der Waals surface area contributed by atoms with E-state index in [-0.39, 0.29) is 13.0 Å². The first-order valence-corrected chi connectivity index (χ1v) is 6.27. The predicted molar refractivity (Wildman–Crippen MR) is 74.9 cm³/mol. The summed E-state index contributed by atoms with van der Waals surface area (Å²) in [6.45, 7) is 0.0853. The first kappa shape index (κ1) is 16.8. The van der Waals surface area contributed by atoms with Gasteiger partial charge in [-0.15, -0.1) is 0 Å². The molecule has 1 atom stereocenters. The molecule has 0 aliphatic carbocycles. The van der Waals surface area contributed by atoms with Crippen molar-refractivity contribution in [3.8, 4) is 11.5 Å². The topological polar surface area (TPSA) is 94.1 Å². The first-order valence-electron chi connectivity index (χ1n) is 6.27. The van der Waals surface area contributed by atoms with Crippen molar-refractivity contribution in [2.24, 2.45) is 0 Å². The van der Waals surface area contributed by atoms with Gasteiger partial charge in [0, 0.05) is 13.7 Å². The Morgan fingerprint density at radius 3 is 2.48 bits per heavy atom. The Kier molecular flexibility index (Phi) is 6.48. The maximum Gasteiger partial charge on any atom is 0.306 e. The molecule has 0 spiro atoms. The second kappa shape index (κ2) is 8.11. The molecule has 7 nitrogen and oxygen atoms in total. The second-order valence-electron chi connectivity index (χ2n) is 4.21. The van der Waals surface area contributed by atoms with Crippen molar-refractivity contribution in [2.75, 3.05) is 27.9 Å². The van der Waals surface area contributed by atoms with Gasteiger partial charge in [0.15, 0.2) is 11.5 Å². The average Bonchev–Trinajstić information content (AvgIpc) is 2.49. The van der Waals surface area contributed by atoms with E-state index >= 15 is 0 Å². The molecule has 0 radical (unpaired) electrons. The minimum atomic E-state index is -0.991. The highest BCUT2D eigenvalue weighted by atomic mass is 16.5.